The number of unbranched alkanes of at least 4 members (excludes halogenated alkanes) is 45. The quantitative estimate of drug-likeness (QED) is 0.0195. The molecule has 0 amide bonds. The molecular weight excluding hydrogens is 971 g/mol. The van der Waals surface area contributed by atoms with E-state index in [2.05, 4.69) is 38.2 Å². The van der Waals surface area contributed by atoms with Gasteiger partial charge in [0.05, 0.1) is 40.3 Å². The molecule has 2 unspecified atom stereocenters. The number of rotatable bonds is 64. The Hall–Kier alpha value is -2.23. The molecule has 0 heterocycles. The fourth-order valence-corrected chi connectivity index (χ4v) is 10.2. The smallest absolute Gasteiger partial charge is 0.306 e. The zero-order valence-corrected chi connectivity index (χ0v) is 52.6. The number of allylic oxidation sites excluding steroid dienone is 4. The highest BCUT2D eigenvalue weighted by molar-refractivity contribution is 5.70. The lowest BCUT2D eigenvalue weighted by molar-refractivity contribution is -0.870. The molecule has 0 saturated carbocycles. The molecule has 0 bridgehead atoms. The molecule has 0 aromatic rings. The van der Waals surface area contributed by atoms with Crippen molar-refractivity contribution in [2.75, 3.05) is 47.5 Å². The molecule has 9 heteroatoms. The summed E-state index contributed by atoms with van der Waals surface area (Å²) in [6, 6.07) is 0. The average Bonchev–Trinajstić information content (AvgIpc) is 3.41. The third-order valence-corrected chi connectivity index (χ3v) is 15.4. The molecule has 0 N–H and O–H groups in total. The van der Waals surface area contributed by atoms with Gasteiger partial charge in [-0.25, -0.2) is 0 Å². The molecule has 9 nitrogen and oxygen atoms in total. The summed E-state index contributed by atoms with van der Waals surface area (Å²) in [5.74, 6) is -2.28. The van der Waals surface area contributed by atoms with Crippen LogP contribution < -0.4 is 5.11 Å². The van der Waals surface area contributed by atoms with Crippen LogP contribution >= 0.6 is 0 Å². The van der Waals surface area contributed by atoms with Gasteiger partial charge in [0, 0.05) is 12.8 Å². The Morgan fingerprint density at radius 1 is 0.385 bits per heavy atom. The van der Waals surface area contributed by atoms with Crippen LogP contribution in [-0.2, 0) is 33.3 Å². The number of quaternary nitrogens is 1. The Bertz CT molecular complexity index is 1330. The predicted octanol–water partition coefficient (Wildman–Crippen LogP) is 19.3. The summed E-state index contributed by atoms with van der Waals surface area (Å²) < 4.78 is 22.7. The molecule has 0 aromatic carbocycles. The van der Waals surface area contributed by atoms with Crippen LogP contribution in [0.4, 0.5) is 0 Å². The van der Waals surface area contributed by atoms with Crippen molar-refractivity contribution in [1.82, 2.24) is 0 Å². The number of nitrogens with zero attached hydrogens (tertiary/aromatic N) is 1. The van der Waals surface area contributed by atoms with Crippen LogP contribution in [0.25, 0.3) is 0 Å². The number of carboxylic acid groups (broad SMARTS) is 1. The van der Waals surface area contributed by atoms with Gasteiger partial charge in [0.25, 0.3) is 0 Å². The minimum absolute atomic E-state index is 0.147. The SMILES string of the molecule is CCC/C=C\C/C=C\CCCCCCCC(=O)OC(COC(=O)CCCCCCCCCCCCCCCCCCCCCCCCCCCCCCCCCCCCCCCCCC)COC(OCC[N+](C)(C)C)C(=O)[O-]. The van der Waals surface area contributed by atoms with E-state index in [-0.39, 0.29) is 32.2 Å². The van der Waals surface area contributed by atoms with Gasteiger partial charge < -0.3 is 33.3 Å². The van der Waals surface area contributed by atoms with Gasteiger partial charge in [0.1, 0.15) is 13.2 Å². The van der Waals surface area contributed by atoms with Gasteiger partial charge in [-0.2, -0.15) is 0 Å². The summed E-state index contributed by atoms with van der Waals surface area (Å²) in [6.45, 7) is 4.71. The van der Waals surface area contributed by atoms with Crippen molar-refractivity contribution in [2.24, 2.45) is 0 Å². The summed E-state index contributed by atoms with van der Waals surface area (Å²) in [5.41, 5.74) is 0. The number of carboxylic acids is 1. The highest BCUT2D eigenvalue weighted by Gasteiger charge is 2.22. The van der Waals surface area contributed by atoms with E-state index in [9.17, 15) is 19.5 Å². The maximum Gasteiger partial charge on any atom is 0.306 e. The normalized spacial score (nSPS) is 12.8. The van der Waals surface area contributed by atoms with Gasteiger partial charge in [-0.05, 0) is 38.5 Å². The molecule has 0 aliphatic rings. The van der Waals surface area contributed by atoms with E-state index >= 15 is 0 Å². The Labute approximate surface area is 484 Å². The predicted molar refractivity (Wildman–Crippen MR) is 330 cm³/mol. The summed E-state index contributed by atoms with van der Waals surface area (Å²) in [5, 5.41) is 11.8. The molecular formula is C69H131NO8. The molecule has 78 heavy (non-hydrogen) atoms. The fourth-order valence-electron chi connectivity index (χ4n) is 10.2. The molecule has 460 valence electrons. The molecule has 0 fully saturated rings. The van der Waals surface area contributed by atoms with Crippen LogP contribution in [0.5, 0.6) is 0 Å². The molecule has 0 saturated heterocycles. The van der Waals surface area contributed by atoms with E-state index in [1.54, 1.807) is 0 Å². The second kappa shape index (κ2) is 60.9. The van der Waals surface area contributed by atoms with Crippen molar-refractivity contribution in [3.05, 3.63) is 24.3 Å². The number of hydrogen-bond acceptors (Lipinski definition) is 8. The third kappa shape index (κ3) is 61.4. The maximum absolute atomic E-state index is 12.8. The zero-order chi connectivity index (χ0) is 56.9. The second-order valence-electron chi connectivity index (χ2n) is 24.5. The van der Waals surface area contributed by atoms with Gasteiger partial charge in [0.15, 0.2) is 12.4 Å². The molecule has 0 aromatic heterocycles. The van der Waals surface area contributed by atoms with Gasteiger partial charge in [0.2, 0.25) is 0 Å². The van der Waals surface area contributed by atoms with E-state index in [0.717, 1.165) is 64.2 Å². The Balaban J connectivity index is 3.84. The van der Waals surface area contributed by atoms with Gasteiger partial charge in [-0.1, -0.05) is 314 Å². The van der Waals surface area contributed by atoms with Crippen LogP contribution in [-0.4, -0.2) is 82.3 Å². The van der Waals surface area contributed by atoms with Crippen molar-refractivity contribution in [3.8, 4) is 0 Å². The Kier molecular flexibility index (Phi) is 59.1. The van der Waals surface area contributed by atoms with Crippen molar-refractivity contribution < 1.29 is 42.9 Å². The largest absolute Gasteiger partial charge is 0.545 e. The second-order valence-corrected chi connectivity index (χ2v) is 24.5. The summed E-state index contributed by atoms with van der Waals surface area (Å²) in [6.07, 6.45) is 71.6. The summed E-state index contributed by atoms with van der Waals surface area (Å²) in [7, 11) is 5.92. The van der Waals surface area contributed by atoms with E-state index in [4.69, 9.17) is 18.9 Å². The number of carbonyl (C=O) groups excluding carboxylic acids is 3. The van der Waals surface area contributed by atoms with Crippen molar-refractivity contribution in [1.29, 1.82) is 0 Å². The number of ether oxygens (including phenoxy) is 4. The molecule has 2 atom stereocenters. The molecule has 0 radical (unpaired) electrons. The Morgan fingerprint density at radius 2 is 0.718 bits per heavy atom. The number of hydrogen-bond donors (Lipinski definition) is 0. The minimum atomic E-state index is -1.62. The van der Waals surface area contributed by atoms with Crippen molar-refractivity contribution in [2.45, 2.75) is 354 Å². The van der Waals surface area contributed by atoms with E-state index < -0.39 is 24.3 Å². The van der Waals surface area contributed by atoms with Crippen molar-refractivity contribution in [3.63, 3.8) is 0 Å². The van der Waals surface area contributed by atoms with Crippen LogP contribution in [0.1, 0.15) is 341 Å². The van der Waals surface area contributed by atoms with E-state index in [0.29, 0.717) is 23.9 Å². The fraction of sp³-hybridized carbons (Fsp3) is 0.899. The monoisotopic (exact) mass is 1100 g/mol. The number of carbonyl (C=O) groups is 3. The van der Waals surface area contributed by atoms with Crippen LogP contribution in [0.2, 0.25) is 0 Å². The van der Waals surface area contributed by atoms with Gasteiger partial charge in [-0.15, -0.1) is 0 Å². The van der Waals surface area contributed by atoms with E-state index in [1.807, 2.05) is 21.1 Å². The molecule has 0 spiro atoms. The highest BCUT2D eigenvalue weighted by Crippen LogP contribution is 2.19. The first kappa shape index (κ1) is 75.8. The van der Waals surface area contributed by atoms with Crippen LogP contribution in [0, 0.1) is 0 Å². The first-order chi connectivity index (χ1) is 38.1. The van der Waals surface area contributed by atoms with Crippen molar-refractivity contribution >= 4 is 17.9 Å². The molecule has 0 rings (SSSR count). The molecule has 0 aliphatic carbocycles. The highest BCUT2D eigenvalue weighted by atomic mass is 16.7. The third-order valence-electron chi connectivity index (χ3n) is 15.4. The van der Waals surface area contributed by atoms with E-state index in [1.165, 1.54) is 244 Å². The first-order valence-corrected chi connectivity index (χ1v) is 34.0. The van der Waals surface area contributed by atoms with Gasteiger partial charge >= 0.3 is 11.9 Å². The van der Waals surface area contributed by atoms with Crippen LogP contribution in [0.3, 0.4) is 0 Å². The lowest BCUT2D eigenvalue weighted by Crippen LogP contribution is -2.44. The lowest BCUT2D eigenvalue weighted by Gasteiger charge is -2.26. The Morgan fingerprint density at radius 3 is 1.06 bits per heavy atom. The van der Waals surface area contributed by atoms with Gasteiger partial charge in [-0.3, -0.25) is 9.59 Å². The lowest BCUT2D eigenvalue weighted by atomic mass is 10.0. The summed E-state index contributed by atoms with van der Waals surface area (Å²) in [4.78, 5) is 37.2. The minimum Gasteiger partial charge on any atom is -0.545 e. The topological polar surface area (TPSA) is 111 Å². The average molecular weight is 1100 g/mol. The number of likely N-dealkylation sites (N-methyl/N-ethyl adjacent to an activating group) is 1. The first-order valence-electron chi connectivity index (χ1n) is 34.0. The zero-order valence-electron chi connectivity index (χ0n) is 52.6. The number of aliphatic carboxylic acids is 1. The van der Waals surface area contributed by atoms with Crippen LogP contribution in [0.15, 0.2) is 24.3 Å². The number of esters is 2. The standard InChI is InChI=1S/C69H131NO8/c1-6-8-10-12-14-16-18-20-21-22-23-24-25-26-27-28-29-30-31-32-33-34-35-36-37-38-39-40-41-42-43-44-45-46-48-49-51-53-55-57-59-66(71)76-63-65(64-77-69(68(73)74)75-62-61-70(3,4)5)78-67(72)60-58-56-54-52-50-47-19-17-15-13-11-9-7-2/h11,13,17,19,65,69H,6-10,12,14-16,18,20-64H2,1-5H3/b13-11-,19-17-. The summed E-state index contributed by atoms with van der Waals surface area (Å²) >= 11 is 0. The maximum atomic E-state index is 12.8. The molecule has 0 aliphatic heterocycles.